The number of nitrogens with zero attached hydrogens (tertiary/aromatic N) is 3. The van der Waals surface area contributed by atoms with Crippen molar-refractivity contribution in [2.45, 2.75) is 129 Å². The molecule has 0 aliphatic carbocycles. The fourth-order valence-electron chi connectivity index (χ4n) is 6.73. The van der Waals surface area contributed by atoms with Gasteiger partial charge in [0.15, 0.2) is 12.1 Å². The Morgan fingerprint density at radius 2 is 1.74 bits per heavy atom. The molecule has 0 spiro atoms. The first-order valence-electron chi connectivity index (χ1n) is 16.2. The van der Waals surface area contributed by atoms with Crippen LogP contribution in [-0.2, 0) is 28.5 Å². The van der Waals surface area contributed by atoms with Gasteiger partial charge in [0, 0.05) is 37.7 Å². The van der Waals surface area contributed by atoms with Gasteiger partial charge < -0.3 is 33.9 Å². The molecule has 252 valence electrons. The molecule has 2 fully saturated rings. The molecule has 9 atom stereocenters. The van der Waals surface area contributed by atoms with Crippen LogP contribution in [0.4, 0.5) is 0 Å². The van der Waals surface area contributed by atoms with Crippen LogP contribution in [0.3, 0.4) is 0 Å². The second-order valence-corrected chi connectivity index (χ2v) is 14.6. The largest absolute Gasteiger partial charge is 0.463 e. The van der Waals surface area contributed by atoms with Crippen LogP contribution in [0, 0.1) is 17.3 Å². The van der Waals surface area contributed by atoms with Crippen LogP contribution in [0.15, 0.2) is 0 Å². The zero-order valence-corrected chi connectivity index (χ0v) is 29.4. The molecule has 0 unspecified atom stereocenters. The average Bonchev–Trinajstić information content (AvgIpc) is 2.92. The molecule has 2 saturated heterocycles. The van der Waals surface area contributed by atoms with Crippen molar-refractivity contribution in [3.05, 3.63) is 0 Å². The number of ketones is 1. The summed E-state index contributed by atoms with van der Waals surface area (Å²) in [5.41, 5.74) is -2.31. The van der Waals surface area contributed by atoms with Gasteiger partial charge in [-0.15, -0.1) is 0 Å². The van der Waals surface area contributed by atoms with Crippen LogP contribution in [0.25, 0.3) is 0 Å². The molecule has 0 amide bonds. The number of likely N-dealkylation sites (N-methyl/N-ethyl adjacent to an activating group) is 2. The number of cyclic esters (lactones) is 1. The number of carbonyl (C=O) groups is 2. The van der Waals surface area contributed by atoms with Crippen molar-refractivity contribution in [3.63, 3.8) is 0 Å². The van der Waals surface area contributed by atoms with E-state index >= 15 is 0 Å². The van der Waals surface area contributed by atoms with Gasteiger partial charge in [-0.05, 0) is 108 Å². The predicted octanol–water partition coefficient (Wildman–Crippen LogP) is 3.44. The van der Waals surface area contributed by atoms with Crippen molar-refractivity contribution >= 4 is 11.8 Å². The third-order valence-electron chi connectivity index (χ3n) is 9.93. The zero-order chi connectivity index (χ0) is 32.9. The molecular weight excluding hydrogens is 550 g/mol. The average molecular weight is 614 g/mol. The molecule has 10 heteroatoms. The Kier molecular flexibility index (Phi) is 14.1. The Balaban J connectivity index is 2.44. The molecule has 2 rings (SSSR count). The van der Waals surface area contributed by atoms with Gasteiger partial charge in [0.1, 0.15) is 18.1 Å². The first-order valence-corrected chi connectivity index (χ1v) is 16.2. The van der Waals surface area contributed by atoms with Gasteiger partial charge in [-0.1, -0.05) is 13.8 Å². The van der Waals surface area contributed by atoms with Crippen molar-refractivity contribution in [2.75, 3.05) is 55.0 Å². The molecule has 43 heavy (non-hydrogen) atoms. The summed E-state index contributed by atoms with van der Waals surface area (Å²) in [6, 6.07) is 0.315. The number of ether oxygens (including phenoxy) is 4. The minimum atomic E-state index is -1.40. The number of aliphatic hydroxyl groups is 1. The highest BCUT2D eigenvalue weighted by atomic mass is 16.7. The van der Waals surface area contributed by atoms with E-state index in [1.807, 2.05) is 32.8 Å². The minimum Gasteiger partial charge on any atom is -0.463 e. The summed E-state index contributed by atoms with van der Waals surface area (Å²) in [5, 5.41) is 11.3. The summed E-state index contributed by atoms with van der Waals surface area (Å²) < 4.78 is 24.8. The number of aliphatic hydroxyl groups excluding tert-OH is 1. The molecule has 0 aromatic rings. The summed E-state index contributed by atoms with van der Waals surface area (Å²) in [5.74, 6) is -1.41. The van der Waals surface area contributed by atoms with Crippen LogP contribution in [0.2, 0.25) is 0 Å². The molecule has 0 aromatic heterocycles. The Morgan fingerprint density at radius 3 is 2.30 bits per heavy atom. The van der Waals surface area contributed by atoms with Crippen molar-refractivity contribution in [3.8, 4) is 0 Å². The normalized spacial score (nSPS) is 37.2. The molecule has 1 N–H and O–H groups in total. The van der Waals surface area contributed by atoms with Gasteiger partial charge in [0.25, 0.3) is 0 Å². The number of esters is 1. The number of rotatable bonds is 9. The van der Waals surface area contributed by atoms with E-state index in [-0.39, 0.29) is 36.5 Å². The highest BCUT2D eigenvalue weighted by Crippen LogP contribution is 2.38. The third-order valence-corrected chi connectivity index (χ3v) is 9.93. The number of carbonyl (C=O) groups excluding carboxylic acids is 2. The summed E-state index contributed by atoms with van der Waals surface area (Å²) in [7, 11) is 9.69. The van der Waals surface area contributed by atoms with Crippen molar-refractivity contribution < 1.29 is 33.6 Å². The fourth-order valence-corrected chi connectivity index (χ4v) is 6.73. The molecule has 0 saturated carbocycles. The van der Waals surface area contributed by atoms with E-state index in [1.165, 1.54) is 0 Å². The Labute approximate surface area is 261 Å². The van der Waals surface area contributed by atoms with Crippen molar-refractivity contribution in [1.29, 1.82) is 0 Å². The van der Waals surface area contributed by atoms with Crippen LogP contribution >= 0.6 is 0 Å². The van der Waals surface area contributed by atoms with Crippen LogP contribution in [0.5, 0.6) is 0 Å². The van der Waals surface area contributed by atoms with Crippen LogP contribution in [-0.4, -0.2) is 135 Å². The third kappa shape index (κ3) is 9.67. The number of hydrogen-bond acceptors (Lipinski definition) is 10. The lowest BCUT2D eigenvalue weighted by atomic mass is 9.74. The van der Waals surface area contributed by atoms with Gasteiger partial charge in [-0.25, -0.2) is 0 Å². The molecule has 0 bridgehead atoms. The lowest BCUT2D eigenvalue weighted by Gasteiger charge is -2.47. The summed E-state index contributed by atoms with van der Waals surface area (Å²) >= 11 is 0. The van der Waals surface area contributed by atoms with E-state index < -0.39 is 41.4 Å². The smallest absolute Gasteiger partial charge is 0.319 e. The number of hydrogen-bond donors (Lipinski definition) is 1. The van der Waals surface area contributed by atoms with E-state index in [2.05, 4.69) is 44.7 Å². The maximum Gasteiger partial charge on any atom is 0.319 e. The molecule has 10 nitrogen and oxygen atoms in total. The van der Waals surface area contributed by atoms with E-state index in [0.29, 0.717) is 18.9 Å². The van der Waals surface area contributed by atoms with Crippen molar-refractivity contribution in [2.24, 2.45) is 17.3 Å². The first kappa shape index (κ1) is 38.0. The van der Waals surface area contributed by atoms with E-state index in [1.54, 1.807) is 27.9 Å². The summed E-state index contributed by atoms with van der Waals surface area (Å²) in [4.78, 5) is 34.2. The highest BCUT2D eigenvalue weighted by Gasteiger charge is 2.51. The lowest BCUT2D eigenvalue weighted by molar-refractivity contribution is -0.295. The Morgan fingerprint density at radius 1 is 1.12 bits per heavy atom. The van der Waals surface area contributed by atoms with Gasteiger partial charge >= 0.3 is 5.97 Å². The van der Waals surface area contributed by atoms with Crippen LogP contribution < -0.4 is 0 Å². The predicted molar refractivity (Wildman–Crippen MR) is 169 cm³/mol. The van der Waals surface area contributed by atoms with Gasteiger partial charge in [-0.2, -0.15) is 0 Å². The second kappa shape index (κ2) is 15.9. The number of Topliss-reactive ketones (excluding diaryl/α,β-unsaturated/α-hetero) is 1. The maximum atomic E-state index is 14.1. The van der Waals surface area contributed by atoms with E-state index in [4.69, 9.17) is 18.9 Å². The SMILES string of the molecule is CO[C@]1(C)C[C@@H](C)CN(C)[C@@H](CCCN(C)C(C)C)COC(=O)C(C)(C)C(=O)[C@H](C)[C@H]1O[C@@H]1O[C@H](C)C[C@H](N(C)C)[C@H]1O. The molecule has 0 radical (unpaired) electrons. The first-order chi connectivity index (χ1) is 19.8. The number of methoxy groups -OCH3 is 1. The van der Waals surface area contributed by atoms with E-state index in [0.717, 1.165) is 25.9 Å². The standard InChI is InChI=1S/C33H63N3O7/c1-21(2)35(11)16-14-15-25-20-41-31(39)32(6,7)28(38)24(5)29(33(8,40-13)18-22(3)19-36(25)12)43-30-27(37)26(34(9)10)17-23(4)42-30/h21-27,29-30,37H,14-20H2,1-13H3/t22-,23-,24+,25+,26+,27-,29-,30+,33-/m1/s1. The fraction of sp³-hybridized carbons (Fsp3) is 0.939. The molecule has 2 aliphatic rings. The molecular formula is C33H63N3O7. The quantitative estimate of drug-likeness (QED) is 0.308. The van der Waals surface area contributed by atoms with Crippen LogP contribution in [0.1, 0.15) is 81.1 Å². The molecule has 2 aliphatic heterocycles. The van der Waals surface area contributed by atoms with Crippen molar-refractivity contribution in [1.82, 2.24) is 14.7 Å². The lowest BCUT2D eigenvalue weighted by Crippen LogP contribution is -2.59. The summed E-state index contributed by atoms with van der Waals surface area (Å²) in [6.07, 6.45) is 0.284. The second-order valence-electron chi connectivity index (χ2n) is 14.6. The molecule has 0 aromatic carbocycles. The van der Waals surface area contributed by atoms with Gasteiger partial charge in [0.05, 0.1) is 17.8 Å². The van der Waals surface area contributed by atoms with E-state index in [9.17, 15) is 14.7 Å². The minimum absolute atomic E-state index is 0.0205. The monoisotopic (exact) mass is 613 g/mol. The van der Waals surface area contributed by atoms with Gasteiger partial charge in [0.2, 0.25) is 0 Å². The highest BCUT2D eigenvalue weighted by molar-refractivity contribution is 6.04. The zero-order valence-electron chi connectivity index (χ0n) is 29.4. The maximum absolute atomic E-state index is 14.1. The molecule has 2 heterocycles. The topological polar surface area (TPSA) is 101 Å². The Hall–Kier alpha value is -1.14. The van der Waals surface area contributed by atoms with Gasteiger partial charge in [-0.3, -0.25) is 14.5 Å². The summed E-state index contributed by atoms with van der Waals surface area (Å²) in [6.45, 7) is 17.4. The Bertz CT molecular complexity index is 900.